The van der Waals surface area contributed by atoms with Crippen LogP contribution in [-0.2, 0) is 33.9 Å². The summed E-state index contributed by atoms with van der Waals surface area (Å²) in [7, 11) is 1.71. The van der Waals surface area contributed by atoms with E-state index in [-0.39, 0.29) is 5.91 Å². The standard InChI is InChI=1S/C33H37N5O5/c1-3-31(39)34-23-5-4-6-26(14-23)43-32-27-16-41-17-28(27)35-30(36-32)13-22-7-8-25(15-29(22)40-2)37-11-9-24(10-12-37)38-18-33(19-38)20-42-21-33/h3-8,14-15,24H,1,9-13,16-21H2,2H3,(H,34,39). The van der Waals surface area contributed by atoms with Crippen LogP contribution in [0, 0.1) is 5.41 Å². The van der Waals surface area contributed by atoms with Gasteiger partial charge in [0.05, 0.1) is 44.8 Å². The molecule has 4 aliphatic rings. The second-order valence-electron chi connectivity index (χ2n) is 12.0. The molecule has 10 heteroatoms. The zero-order valence-electron chi connectivity index (χ0n) is 24.5. The highest BCUT2D eigenvalue weighted by Crippen LogP contribution is 2.41. The lowest BCUT2D eigenvalue weighted by molar-refractivity contribution is -0.199. The van der Waals surface area contributed by atoms with Crippen molar-refractivity contribution in [1.29, 1.82) is 0 Å². The van der Waals surface area contributed by atoms with Crippen molar-refractivity contribution in [2.75, 3.05) is 56.7 Å². The fourth-order valence-electron chi connectivity index (χ4n) is 6.56. The Morgan fingerprint density at radius 3 is 2.70 bits per heavy atom. The number of anilines is 2. The molecule has 0 unspecified atom stereocenters. The fraction of sp³-hybridized carbons (Fsp3) is 0.424. The number of nitrogens with one attached hydrogen (secondary N) is 1. The van der Waals surface area contributed by atoms with Gasteiger partial charge in [-0.15, -0.1) is 0 Å². The van der Waals surface area contributed by atoms with E-state index in [2.05, 4.69) is 39.9 Å². The number of amides is 1. The summed E-state index contributed by atoms with van der Waals surface area (Å²) < 4.78 is 23.2. The van der Waals surface area contributed by atoms with Crippen molar-refractivity contribution in [3.8, 4) is 17.4 Å². The molecule has 3 fully saturated rings. The first-order valence-corrected chi connectivity index (χ1v) is 14.9. The maximum atomic E-state index is 11.7. The van der Waals surface area contributed by atoms with E-state index in [1.807, 2.05) is 12.1 Å². The van der Waals surface area contributed by atoms with Gasteiger partial charge in [-0.05, 0) is 37.1 Å². The predicted octanol–water partition coefficient (Wildman–Crippen LogP) is 4.32. The quantitative estimate of drug-likeness (QED) is 0.369. The number of likely N-dealkylation sites (tertiary alicyclic amines) is 1. The van der Waals surface area contributed by atoms with Crippen LogP contribution in [0.5, 0.6) is 17.4 Å². The molecule has 0 aliphatic carbocycles. The Morgan fingerprint density at radius 2 is 1.95 bits per heavy atom. The normalized spacial score (nSPS) is 19.3. The summed E-state index contributed by atoms with van der Waals surface area (Å²) in [6.07, 6.45) is 4.08. The molecule has 0 bridgehead atoms. The number of fused-ring (bicyclic) bond motifs is 1. The number of methoxy groups -OCH3 is 1. The molecule has 1 N–H and O–H groups in total. The molecule has 4 aliphatic heterocycles. The minimum atomic E-state index is -0.288. The minimum absolute atomic E-state index is 0.288. The first kappa shape index (κ1) is 27.8. The van der Waals surface area contributed by atoms with Crippen LogP contribution in [0.2, 0.25) is 0 Å². The number of hydrogen-bond donors (Lipinski definition) is 1. The first-order chi connectivity index (χ1) is 21.0. The van der Waals surface area contributed by atoms with E-state index >= 15 is 0 Å². The lowest BCUT2D eigenvalue weighted by atomic mass is 9.76. The molecule has 1 aromatic heterocycles. The second kappa shape index (κ2) is 11.6. The monoisotopic (exact) mass is 583 g/mol. The lowest BCUT2D eigenvalue weighted by Gasteiger charge is -2.58. The highest BCUT2D eigenvalue weighted by Gasteiger charge is 2.50. The van der Waals surface area contributed by atoms with Crippen molar-refractivity contribution in [3.05, 3.63) is 77.8 Å². The third kappa shape index (κ3) is 5.70. The Hall–Kier alpha value is -3.99. The van der Waals surface area contributed by atoms with Gasteiger partial charge in [-0.3, -0.25) is 9.69 Å². The Bertz CT molecular complexity index is 1520. The second-order valence-corrected chi connectivity index (χ2v) is 12.0. The van der Waals surface area contributed by atoms with Gasteiger partial charge < -0.3 is 29.2 Å². The number of hydrogen-bond acceptors (Lipinski definition) is 9. The molecule has 5 heterocycles. The fourth-order valence-corrected chi connectivity index (χ4v) is 6.56. The largest absolute Gasteiger partial charge is 0.496 e. The Labute approximate surface area is 251 Å². The molecule has 224 valence electrons. The number of carbonyl (C=O) groups is 1. The smallest absolute Gasteiger partial charge is 0.247 e. The van der Waals surface area contributed by atoms with Crippen molar-refractivity contribution in [2.24, 2.45) is 5.41 Å². The van der Waals surface area contributed by atoms with Crippen LogP contribution >= 0.6 is 0 Å². The Balaban J connectivity index is 1.04. The van der Waals surface area contributed by atoms with E-state index in [9.17, 15) is 4.79 Å². The summed E-state index contributed by atoms with van der Waals surface area (Å²) in [5.41, 5.74) is 4.93. The van der Waals surface area contributed by atoms with Crippen LogP contribution < -0.4 is 19.7 Å². The van der Waals surface area contributed by atoms with Crippen LogP contribution in [0.25, 0.3) is 0 Å². The molecule has 1 amide bonds. The van der Waals surface area contributed by atoms with Gasteiger partial charge in [0.25, 0.3) is 0 Å². The topological polar surface area (TPSA) is 98.3 Å². The van der Waals surface area contributed by atoms with Gasteiger partial charge in [-0.1, -0.05) is 18.7 Å². The Kier molecular flexibility index (Phi) is 7.50. The van der Waals surface area contributed by atoms with Crippen molar-refractivity contribution in [3.63, 3.8) is 0 Å². The molecule has 7 rings (SSSR count). The first-order valence-electron chi connectivity index (χ1n) is 14.9. The summed E-state index contributed by atoms with van der Waals surface area (Å²) >= 11 is 0. The van der Waals surface area contributed by atoms with E-state index in [1.54, 1.807) is 19.2 Å². The molecule has 3 aromatic rings. The molecule has 0 atom stereocenters. The SMILES string of the molecule is C=CC(=O)Nc1cccc(Oc2nc(Cc3ccc(N4CCC(N5CC6(COC6)C5)CC4)cc3OC)nc3c2COC3)c1. The van der Waals surface area contributed by atoms with Crippen molar-refractivity contribution in [2.45, 2.75) is 38.5 Å². The van der Waals surface area contributed by atoms with Crippen LogP contribution in [0.4, 0.5) is 11.4 Å². The van der Waals surface area contributed by atoms with Crippen LogP contribution in [0.1, 0.15) is 35.5 Å². The van der Waals surface area contributed by atoms with Gasteiger partial charge >= 0.3 is 0 Å². The van der Waals surface area contributed by atoms with E-state index in [1.165, 1.54) is 37.7 Å². The minimum Gasteiger partial charge on any atom is -0.496 e. The van der Waals surface area contributed by atoms with Gasteiger partial charge in [0.2, 0.25) is 11.8 Å². The number of aromatic nitrogens is 2. The van der Waals surface area contributed by atoms with Crippen LogP contribution in [0.15, 0.2) is 55.1 Å². The molecule has 2 aromatic carbocycles. The number of piperidine rings is 1. The van der Waals surface area contributed by atoms with Gasteiger partial charge in [0, 0.05) is 73.1 Å². The van der Waals surface area contributed by atoms with E-state index in [0.717, 1.165) is 48.9 Å². The number of nitrogens with zero attached hydrogens (tertiary/aromatic N) is 4. The van der Waals surface area contributed by atoms with Crippen molar-refractivity contribution in [1.82, 2.24) is 14.9 Å². The summed E-state index contributed by atoms with van der Waals surface area (Å²) in [5, 5.41) is 2.76. The maximum Gasteiger partial charge on any atom is 0.247 e. The third-order valence-electron chi connectivity index (χ3n) is 8.95. The summed E-state index contributed by atoms with van der Waals surface area (Å²) in [4.78, 5) is 26.5. The zero-order valence-corrected chi connectivity index (χ0v) is 24.5. The van der Waals surface area contributed by atoms with E-state index in [0.29, 0.717) is 54.2 Å². The summed E-state index contributed by atoms with van der Waals surface area (Å²) in [6.45, 7) is 10.7. The predicted molar refractivity (Wildman–Crippen MR) is 162 cm³/mol. The average molecular weight is 584 g/mol. The molecule has 0 radical (unpaired) electrons. The molecule has 1 spiro atoms. The van der Waals surface area contributed by atoms with Gasteiger partial charge in [-0.2, -0.15) is 4.98 Å². The molecular weight excluding hydrogens is 546 g/mol. The Morgan fingerprint density at radius 1 is 1.12 bits per heavy atom. The number of rotatable bonds is 9. The van der Waals surface area contributed by atoms with Crippen molar-refractivity contribution >= 4 is 17.3 Å². The van der Waals surface area contributed by atoms with Crippen LogP contribution in [0.3, 0.4) is 0 Å². The third-order valence-corrected chi connectivity index (χ3v) is 8.95. The number of carbonyl (C=O) groups excluding carboxylic acids is 1. The maximum absolute atomic E-state index is 11.7. The van der Waals surface area contributed by atoms with Crippen LogP contribution in [-0.4, -0.2) is 73.3 Å². The number of ether oxygens (including phenoxy) is 4. The average Bonchev–Trinajstić information content (AvgIpc) is 3.46. The van der Waals surface area contributed by atoms with E-state index < -0.39 is 0 Å². The molecule has 43 heavy (non-hydrogen) atoms. The summed E-state index contributed by atoms with van der Waals surface area (Å²) in [6, 6.07) is 14.3. The van der Waals surface area contributed by atoms with Gasteiger partial charge in [-0.25, -0.2) is 4.98 Å². The molecule has 3 saturated heterocycles. The molecular formula is C33H37N5O5. The van der Waals surface area contributed by atoms with Crippen molar-refractivity contribution < 1.29 is 23.7 Å². The van der Waals surface area contributed by atoms with E-state index in [4.69, 9.17) is 28.9 Å². The van der Waals surface area contributed by atoms with Gasteiger partial charge in [0.15, 0.2) is 0 Å². The van der Waals surface area contributed by atoms with Gasteiger partial charge in [0.1, 0.15) is 17.3 Å². The number of benzene rings is 2. The highest BCUT2D eigenvalue weighted by molar-refractivity contribution is 5.98. The molecule has 10 nitrogen and oxygen atoms in total. The zero-order chi connectivity index (χ0) is 29.4. The highest BCUT2D eigenvalue weighted by atomic mass is 16.5. The lowest BCUT2D eigenvalue weighted by Crippen LogP contribution is -2.68. The summed E-state index contributed by atoms with van der Waals surface area (Å²) in [5.74, 6) is 2.18. The molecule has 0 saturated carbocycles.